The van der Waals surface area contributed by atoms with Gasteiger partial charge in [0.2, 0.25) is 17.7 Å². The van der Waals surface area contributed by atoms with Gasteiger partial charge in [-0.2, -0.15) is 0 Å². The molecule has 2 atom stereocenters. The molecule has 2 fully saturated rings. The van der Waals surface area contributed by atoms with E-state index < -0.39 is 0 Å². The number of aromatic nitrogens is 3. The highest BCUT2D eigenvalue weighted by Crippen LogP contribution is 2.34. The normalized spacial score (nSPS) is 23.2. The van der Waals surface area contributed by atoms with Gasteiger partial charge in [0.05, 0.1) is 7.11 Å². The molecule has 2 aliphatic heterocycles. The molecule has 1 amide bonds. The van der Waals surface area contributed by atoms with Crippen LogP contribution in [0.5, 0.6) is 5.88 Å². The Morgan fingerprint density at radius 3 is 2.92 bits per heavy atom. The topological polar surface area (TPSA) is 90.6 Å². The first-order valence-corrected chi connectivity index (χ1v) is 9.03. The number of ether oxygens (including phenoxy) is 2. The molecule has 0 N–H and O–H groups in total. The smallest absolute Gasteiger partial charge is 0.260 e. The third kappa shape index (κ3) is 3.16. The highest BCUT2D eigenvalue weighted by Gasteiger charge is 2.35. The Hall–Kier alpha value is -2.48. The number of carbonyl (C=O) groups is 1. The maximum atomic E-state index is 13.1. The molecular weight excluding hydrogens is 336 g/mol. The summed E-state index contributed by atoms with van der Waals surface area (Å²) in [6, 6.07) is 3.23. The minimum absolute atomic E-state index is 0.123. The maximum absolute atomic E-state index is 13.1. The van der Waals surface area contributed by atoms with Crippen molar-refractivity contribution in [2.45, 2.75) is 44.2 Å². The fourth-order valence-corrected chi connectivity index (χ4v) is 3.59. The van der Waals surface area contributed by atoms with E-state index in [1.807, 2.05) is 0 Å². The number of hydrogen-bond acceptors (Lipinski definition) is 7. The van der Waals surface area contributed by atoms with Crippen LogP contribution in [-0.4, -0.2) is 46.2 Å². The van der Waals surface area contributed by atoms with Crippen LogP contribution < -0.4 is 4.74 Å². The lowest BCUT2D eigenvalue weighted by Gasteiger charge is -2.33. The van der Waals surface area contributed by atoms with Crippen LogP contribution in [0, 0.1) is 0 Å². The van der Waals surface area contributed by atoms with Crippen LogP contribution in [0.2, 0.25) is 0 Å². The fraction of sp³-hybridized carbons (Fsp3) is 0.556. The largest absolute Gasteiger partial charge is 0.480 e. The summed E-state index contributed by atoms with van der Waals surface area (Å²) in [5, 5.41) is 8.37. The minimum Gasteiger partial charge on any atom is -0.480 e. The van der Waals surface area contributed by atoms with E-state index in [0.29, 0.717) is 29.8 Å². The SMILES string of the molecule is COc1ncccc1C(=O)N1CCCC[C@H]1c1nnc([C@H]2CCCO2)o1. The van der Waals surface area contributed by atoms with Gasteiger partial charge in [-0.15, -0.1) is 10.2 Å². The lowest BCUT2D eigenvalue weighted by Crippen LogP contribution is -2.39. The molecule has 0 unspecified atom stereocenters. The fourth-order valence-electron chi connectivity index (χ4n) is 3.59. The zero-order valence-electron chi connectivity index (χ0n) is 14.8. The maximum Gasteiger partial charge on any atom is 0.260 e. The van der Waals surface area contributed by atoms with E-state index in [-0.39, 0.29) is 18.1 Å². The third-order valence-electron chi connectivity index (χ3n) is 4.91. The molecule has 2 aliphatic rings. The molecule has 2 saturated heterocycles. The van der Waals surface area contributed by atoms with Crippen molar-refractivity contribution in [3.05, 3.63) is 35.7 Å². The van der Waals surface area contributed by atoms with Crippen molar-refractivity contribution < 1.29 is 18.7 Å². The van der Waals surface area contributed by atoms with Crippen molar-refractivity contribution >= 4 is 5.91 Å². The zero-order valence-corrected chi connectivity index (χ0v) is 14.8. The summed E-state index contributed by atoms with van der Waals surface area (Å²) in [6.45, 7) is 1.36. The summed E-state index contributed by atoms with van der Waals surface area (Å²) in [7, 11) is 1.51. The van der Waals surface area contributed by atoms with E-state index in [1.54, 1.807) is 23.2 Å². The molecule has 2 aromatic heterocycles. The van der Waals surface area contributed by atoms with E-state index in [0.717, 1.165) is 38.7 Å². The van der Waals surface area contributed by atoms with Crippen LogP contribution in [0.3, 0.4) is 0 Å². The first kappa shape index (κ1) is 17.0. The molecule has 138 valence electrons. The summed E-state index contributed by atoms with van der Waals surface area (Å²) in [4.78, 5) is 19.0. The van der Waals surface area contributed by atoms with E-state index in [1.165, 1.54) is 7.11 Å². The van der Waals surface area contributed by atoms with Crippen LogP contribution in [0.4, 0.5) is 0 Å². The van der Waals surface area contributed by atoms with Gasteiger partial charge in [-0.05, 0) is 44.2 Å². The van der Waals surface area contributed by atoms with Gasteiger partial charge in [-0.3, -0.25) is 4.79 Å². The average Bonchev–Trinajstić information content (AvgIpc) is 3.39. The Bertz CT molecular complexity index is 772. The van der Waals surface area contributed by atoms with Gasteiger partial charge < -0.3 is 18.8 Å². The summed E-state index contributed by atoms with van der Waals surface area (Å²) in [5.41, 5.74) is 0.445. The summed E-state index contributed by atoms with van der Waals surface area (Å²) >= 11 is 0. The predicted molar refractivity (Wildman–Crippen MR) is 90.6 cm³/mol. The summed E-state index contributed by atoms with van der Waals surface area (Å²) in [5.74, 6) is 1.18. The lowest BCUT2D eigenvalue weighted by molar-refractivity contribution is 0.0546. The number of nitrogens with zero attached hydrogens (tertiary/aromatic N) is 4. The number of carbonyl (C=O) groups excluding carboxylic acids is 1. The Kier molecular flexibility index (Phi) is 4.83. The molecule has 0 saturated carbocycles. The van der Waals surface area contributed by atoms with Gasteiger partial charge in [0, 0.05) is 19.3 Å². The summed E-state index contributed by atoms with van der Waals surface area (Å²) < 4.78 is 16.7. The quantitative estimate of drug-likeness (QED) is 0.830. The number of likely N-dealkylation sites (tertiary alicyclic amines) is 1. The molecule has 0 bridgehead atoms. The Morgan fingerprint density at radius 2 is 2.12 bits per heavy atom. The molecule has 0 aromatic carbocycles. The number of piperidine rings is 1. The van der Waals surface area contributed by atoms with Gasteiger partial charge in [0.25, 0.3) is 5.91 Å². The molecule has 0 aliphatic carbocycles. The first-order chi connectivity index (χ1) is 12.8. The lowest BCUT2D eigenvalue weighted by atomic mass is 10.0. The molecule has 4 rings (SSSR count). The van der Waals surface area contributed by atoms with Gasteiger partial charge in [0.1, 0.15) is 17.7 Å². The van der Waals surface area contributed by atoms with Gasteiger partial charge >= 0.3 is 0 Å². The van der Waals surface area contributed by atoms with E-state index >= 15 is 0 Å². The molecule has 26 heavy (non-hydrogen) atoms. The van der Waals surface area contributed by atoms with Crippen molar-refractivity contribution in [1.82, 2.24) is 20.1 Å². The monoisotopic (exact) mass is 358 g/mol. The number of pyridine rings is 1. The third-order valence-corrected chi connectivity index (χ3v) is 4.91. The number of rotatable bonds is 4. The summed E-state index contributed by atoms with van der Waals surface area (Å²) in [6.07, 6.45) is 6.12. The Morgan fingerprint density at radius 1 is 1.23 bits per heavy atom. The van der Waals surface area contributed by atoms with Crippen molar-refractivity contribution in [3.63, 3.8) is 0 Å². The number of methoxy groups -OCH3 is 1. The molecule has 8 nitrogen and oxygen atoms in total. The standard InChI is InChI=1S/C18H22N4O4/c1-24-15-12(6-4-9-19-15)18(23)22-10-3-2-7-13(22)16-20-21-17(26-16)14-8-5-11-25-14/h4,6,9,13-14H,2-3,5,7-8,10-11H2,1H3/t13-,14+/m0/s1. The van der Waals surface area contributed by atoms with Crippen LogP contribution in [0.15, 0.2) is 22.7 Å². The molecule has 0 radical (unpaired) electrons. The average molecular weight is 358 g/mol. The van der Waals surface area contributed by atoms with Crippen LogP contribution >= 0.6 is 0 Å². The predicted octanol–water partition coefficient (Wildman–Crippen LogP) is 2.69. The van der Waals surface area contributed by atoms with E-state index in [2.05, 4.69) is 15.2 Å². The molecule has 8 heteroatoms. The first-order valence-electron chi connectivity index (χ1n) is 9.03. The molecule has 4 heterocycles. The minimum atomic E-state index is -0.233. The highest BCUT2D eigenvalue weighted by molar-refractivity contribution is 5.96. The zero-order chi connectivity index (χ0) is 17.9. The second-order valence-electron chi connectivity index (χ2n) is 6.55. The van der Waals surface area contributed by atoms with Gasteiger partial charge in [-0.1, -0.05) is 0 Å². The second kappa shape index (κ2) is 7.41. The number of hydrogen-bond donors (Lipinski definition) is 0. The number of amides is 1. The van der Waals surface area contributed by atoms with Crippen LogP contribution in [-0.2, 0) is 4.74 Å². The van der Waals surface area contributed by atoms with E-state index in [9.17, 15) is 4.79 Å². The Labute approximate surface area is 151 Å². The van der Waals surface area contributed by atoms with Gasteiger partial charge in [-0.25, -0.2) is 4.98 Å². The molecule has 0 spiro atoms. The van der Waals surface area contributed by atoms with E-state index in [4.69, 9.17) is 13.9 Å². The Balaban J connectivity index is 1.59. The highest BCUT2D eigenvalue weighted by atomic mass is 16.5. The van der Waals surface area contributed by atoms with Crippen molar-refractivity contribution in [2.75, 3.05) is 20.3 Å². The second-order valence-corrected chi connectivity index (χ2v) is 6.55. The van der Waals surface area contributed by atoms with Crippen LogP contribution in [0.25, 0.3) is 0 Å². The van der Waals surface area contributed by atoms with Crippen molar-refractivity contribution in [2.24, 2.45) is 0 Å². The van der Waals surface area contributed by atoms with Crippen molar-refractivity contribution in [3.8, 4) is 5.88 Å². The van der Waals surface area contributed by atoms with Crippen molar-refractivity contribution in [1.29, 1.82) is 0 Å². The molecule has 2 aromatic rings. The molecular formula is C18H22N4O4. The van der Waals surface area contributed by atoms with Crippen LogP contribution in [0.1, 0.15) is 66.4 Å². The van der Waals surface area contributed by atoms with Gasteiger partial charge in [0.15, 0.2) is 0 Å².